The summed E-state index contributed by atoms with van der Waals surface area (Å²) in [5, 5.41) is 3.21. The van der Waals surface area contributed by atoms with E-state index in [4.69, 9.17) is 10.5 Å². The number of rotatable bonds is 6. The number of nitrogens with one attached hydrogen (secondary N) is 1. The molecule has 0 radical (unpaired) electrons. The fraction of sp³-hybridized carbons (Fsp3) is 0.611. The summed E-state index contributed by atoms with van der Waals surface area (Å²) in [5.41, 5.74) is 9.98. The van der Waals surface area contributed by atoms with Crippen molar-refractivity contribution >= 4 is 11.6 Å². The Labute approximate surface area is 138 Å². The van der Waals surface area contributed by atoms with Gasteiger partial charge in [0.15, 0.2) is 5.96 Å². The van der Waals surface area contributed by atoms with Gasteiger partial charge in [-0.1, -0.05) is 6.07 Å². The van der Waals surface area contributed by atoms with E-state index >= 15 is 0 Å². The average Bonchev–Trinajstić information content (AvgIpc) is 3.03. The molecule has 1 fully saturated rings. The van der Waals surface area contributed by atoms with Crippen LogP contribution >= 0.6 is 0 Å². The molecule has 5 heteroatoms. The molecule has 0 amide bonds. The fourth-order valence-electron chi connectivity index (χ4n) is 3.31. The molecule has 2 aliphatic rings. The topological polar surface area (TPSA) is 62.9 Å². The minimum Gasteiger partial charge on any atom is -0.379 e. The number of aryl methyl sites for hydroxylation is 2. The molecule has 0 atom stereocenters. The van der Waals surface area contributed by atoms with Gasteiger partial charge >= 0.3 is 0 Å². The number of benzene rings is 1. The van der Waals surface area contributed by atoms with Crippen LogP contribution in [0.3, 0.4) is 0 Å². The van der Waals surface area contributed by atoms with E-state index in [1.54, 1.807) is 0 Å². The summed E-state index contributed by atoms with van der Waals surface area (Å²) in [6, 6.07) is 6.52. The summed E-state index contributed by atoms with van der Waals surface area (Å²) in [6.45, 7) is 5.79. The predicted molar refractivity (Wildman–Crippen MR) is 95.1 cm³/mol. The first-order valence-corrected chi connectivity index (χ1v) is 8.80. The number of morpholine rings is 1. The lowest BCUT2D eigenvalue weighted by Crippen LogP contribution is -2.36. The lowest BCUT2D eigenvalue weighted by molar-refractivity contribution is 0.0373. The van der Waals surface area contributed by atoms with E-state index in [0.29, 0.717) is 5.96 Å². The van der Waals surface area contributed by atoms with Crippen molar-refractivity contribution in [2.24, 2.45) is 10.7 Å². The van der Waals surface area contributed by atoms with Gasteiger partial charge in [-0.25, -0.2) is 0 Å². The molecule has 0 bridgehead atoms. The Balaban J connectivity index is 1.36. The minimum absolute atomic E-state index is 0.523. The summed E-state index contributed by atoms with van der Waals surface area (Å²) in [4.78, 5) is 6.89. The zero-order valence-corrected chi connectivity index (χ0v) is 13.9. The van der Waals surface area contributed by atoms with Gasteiger partial charge in [-0.2, -0.15) is 0 Å². The third-order valence-corrected chi connectivity index (χ3v) is 4.64. The predicted octanol–water partition coefficient (Wildman–Crippen LogP) is 2.01. The SMILES string of the molecule is NC(=NCCCCN1CCOCC1)Nc1ccc2c(c1)CCC2. The molecule has 3 N–H and O–H groups in total. The van der Waals surface area contributed by atoms with Crippen LogP contribution in [0.25, 0.3) is 0 Å². The molecule has 0 aromatic heterocycles. The Morgan fingerprint density at radius 1 is 1.17 bits per heavy atom. The maximum Gasteiger partial charge on any atom is 0.193 e. The number of ether oxygens (including phenoxy) is 1. The van der Waals surface area contributed by atoms with E-state index in [0.717, 1.165) is 57.9 Å². The van der Waals surface area contributed by atoms with Gasteiger partial charge in [-0.05, 0) is 61.9 Å². The molecule has 5 nitrogen and oxygen atoms in total. The molecule has 3 rings (SSSR count). The molecule has 1 heterocycles. The third-order valence-electron chi connectivity index (χ3n) is 4.64. The molecule has 0 saturated carbocycles. The molecular formula is C18H28N4O. The molecule has 23 heavy (non-hydrogen) atoms. The monoisotopic (exact) mass is 316 g/mol. The van der Waals surface area contributed by atoms with Crippen molar-refractivity contribution in [2.75, 3.05) is 44.7 Å². The molecule has 126 valence electrons. The standard InChI is InChI=1S/C18H28N4O/c19-18(20-8-1-2-9-22-10-12-23-13-11-22)21-17-7-6-15-4-3-5-16(15)14-17/h6-7,14H,1-5,8-13H2,(H3,19,20,21). The molecule has 1 aromatic rings. The second kappa shape index (κ2) is 8.31. The first kappa shape index (κ1) is 16.3. The summed E-state index contributed by atoms with van der Waals surface area (Å²) in [6.07, 6.45) is 5.90. The number of nitrogens with zero attached hydrogens (tertiary/aromatic N) is 2. The highest BCUT2D eigenvalue weighted by Gasteiger charge is 2.11. The van der Waals surface area contributed by atoms with Crippen LogP contribution in [-0.4, -0.2) is 50.3 Å². The van der Waals surface area contributed by atoms with Crippen molar-refractivity contribution in [3.63, 3.8) is 0 Å². The second-order valence-corrected chi connectivity index (χ2v) is 6.39. The second-order valence-electron chi connectivity index (χ2n) is 6.39. The van der Waals surface area contributed by atoms with E-state index in [9.17, 15) is 0 Å². The molecule has 1 saturated heterocycles. The van der Waals surface area contributed by atoms with Gasteiger partial charge in [0, 0.05) is 25.3 Å². The largest absolute Gasteiger partial charge is 0.379 e. The Hall–Kier alpha value is -1.59. The zero-order chi connectivity index (χ0) is 15.9. The first-order chi connectivity index (χ1) is 11.3. The lowest BCUT2D eigenvalue weighted by Gasteiger charge is -2.26. The Morgan fingerprint density at radius 2 is 2.00 bits per heavy atom. The van der Waals surface area contributed by atoms with Crippen LogP contribution < -0.4 is 11.1 Å². The molecule has 1 aliphatic heterocycles. The number of anilines is 1. The van der Waals surface area contributed by atoms with E-state index in [1.807, 2.05) is 0 Å². The fourth-order valence-corrected chi connectivity index (χ4v) is 3.31. The van der Waals surface area contributed by atoms with Crippen molar-refractivity contribution in [3.05, 3.63) is 29.3 Å². The quantitative estimate of drug-likeness (QED) is 0.479. The molecule has 0 spiro atoms. The Kier molecular flexibility index (Phi) is 5.88. The van der Waals surface area contributed by atoms with Gasteiger partial charge < -0.3 is 15.8 Å². The van der Waals surface area contributed by atoms with E-state index in [2.05, 4.69) is 33.4 Å². The van der Waals surface area contributed by atoms with Gasteiger partial charge in [0.1, 0.15) is 0 Å². The van der Waals surface area contributed by atoms with Crippen LogP contribution in [0.4, 0.5) is 5.69 Å². The highest BCUT2D eigenvalue weighted by atomic mass is 16.5. The number of aliphatic imine (C=N–C) groups is 1. The van der Waals surface area contributed by atoms with E-state index < -0.39 is 0 Å². The van der Waals surface area contributed by atoms with Crippen molar-refractivity contribution in [2.45, 2.75) is 32.1 Å². The highest BCUT2D eigenvalue weighted by Crippen LogP contribution is 2.24. The highest BCUT2D eigenvalue weighted by molar-refractivity contribution is 5.92. The van der Waals surface area contributed by atoms with Crippen molar-refractivity contribution in [3.8, 4) is 0 Å². The summed E-state index contributed by atoms with van der Waals surface area (Å²) < 4.78 is 5.35. The molecule has 1 aromatic carbocycles. The number of fused-ring (bicyclic) bond motifs is 1. The molecular weight excluding hydrogens is 288 g/mol. The van der Waals surface area contributed by atoms with Crippen LogP contribution in [0.5, 0.6) is 0 Å². The number of hydrogen-bond acceptors (Lipinski definition) is 3. The normalized spacial score (nSPS) is 18.9. The summed E-state index contributed by atoms with van der Waals surface area (Å²) in [5.74, 6) is 0.523. The van der Waals surface area contributed by atoms with Crippen LogP contribution in [0.2, 0.25) is 0 Å². The number of nitrogens with two attached hydrogens (primary N) is 1. The van der Waals surface area contributed by atoms with Gasteiger partial charge in [-0.15, -0.1) is 0 Å². The molecule has 0 unspecified atom stereocenters. The van der Waals surface area contributed by atoms with Crippen LogP contribution in [0, 0.1) is 0 Å². The zero-order valence-electron chi connectivity index (χ0n) is 13.9. The summed E-state index contributed by atoms with van der Waals surface area (Å²) >= 11 is 0. The molecule has 1 aliphatic carbocycles. The van der Waals surface area contributed by atoms with Crippen LogP contribution in [0.15, 0.2) is 23.2 Å². The van der Waals surface area contributed by atoms with E-state index in [-0.39, 0.29) is 0 Å². The Morgan fingerprint density at radius 3 is 2.87 bits per heavy atom. The van der Waals surface area contributed by atoms with Gasteiger partial charge in [-0.3, -0.25) is 9.89 Å². The summed E-state index contributed by atoms with van der Waals surface area (Å²) in [7, 11) is 0. The number of guanidine groups is 1. The maximum absolute atomic E-state index is 5.99. The average molecular weight is 316 g/mol. The van der Waals surface area contributed by atoms with Crippen molar-refractivity contribution < 1.29 is 4.74 Å². The van der Waals surface area contributed by atoms with Gasteiger partial charge in [0.2, 0.25) is 0 Å². The van der Waals surface area contributed by atoms with Crippen molar-refractivity contribution in [1.29, 1.82) is 0 Å². The first-order valence-electron chi connectivity index (χ1n) is 8.80. The van der Waals surface area contributed by atoms with Gasteiger partial charge in [0.05, 0.1) is 13.2 Å². The Bertz CT molecular complexity index is 538. The lowest BCUT2D eigenvalue weighted by atomic mass is 10.1. The van der Waals surface area contributed by atoms with E-state index in [1.165, 1.54) is 30.4 Å². The van der Waals surface area contributed by atoms with Crippen LogP contribution in [0.1, 0.15) is 30.4 Å². The van der Waals surface area contributed by atoms with Crippen LogP contribution in [-0.2, 0) is 17.6 Å². The minimum atomic E-state index is 0.523. The maximum atomic E-state index is 5.99. The van der Waals surface area contributed by atoms with Gasteiger partial charge in [0.25, 0.3) is 0 Å². The number of unbranched alkanes of at least 4 members (excludes halogenated alkanes) is 1. The van der Waals surface area contributed by atoms with Crippen molar-refractivity contribution in [1.82, 2.24) is 4.90 Å². The third kappa shape index (κ3) is 4.94. The smallest absolute Gasteiger partial charge is 0.193 e. The number of hydrogen-bond donors (Lipinski definition) is 2.